The first-order valence-corrected chi connectivity index (χ1v) is 10.4. The van der Waals surface area contributed by atoms with Crippen LogP contribution >= 0.6 is 0 Å². The summed E-state index contributed by atoms with van der Waals surface area (Å²) in [6, 6.07) is 0. The van der Waals surface area contributed by atoms with E-state index >= 15 is 0 Å². The Labute approximate surface area is 144 Å². The minimum absolute atomic E-state index is 0.00925. The van der Waals surface area contributed by atoms with Crippen LogP contribution in [0, 0.1) is 63.6 Å². The zero-order valence-corrected chi connectivity index (χ0v) is 14.9. The molecule has 10 aliphatic rings. The van der Waals surface area contributed by atoms with Crippen LogP contribution in [-0.2, 0) is 9.59 Å². The maximum absolute atomic E-state index is 12.7. The van der Waals surface area contributed by atoms with E-state index in [9.17, 15) is 9.59 Å². The molecule has 0 amide bonds. The summed E-state index contributed by atoms with van der Waals surface area (Å²) in [5.41, 5.74) is 0.410. The first-order valence-electron chi connectivity index (χ1n) is 10.4. The number of hydrogen-bond acceptors (Lipinski definition) is 2. The van der Waals surface area contributed by atoms with Gasteiger partial charge in [-0.2, -0.15) is 0 Å². The van der Waals surface area contributed by atoms with Gasteiger partial charge in [-0.3, -0.25) is 9.59 Å². The van der Waals surface area contributed by atoms with Crippen molar-refractivity contribution >= 4 is 11.6 Å². The number of hydrogen-bond donors (Lipinski definition) is 0. The Morgan fingerprint density at radius 2 is 1.04 bits per heavy atom. The highest BCUT2D eigenvalue weighted by atomic mass is 16.1. The molecule has 0 aromatic heterocycles. The topological polar surface area (TPSA) is 34.1 Å². The molecule has 2 nitrogen and oxygen atoms in total. The summed E-state index contributed by atoms with van der Waals surface area (Å²) in [6.07, 6.45) is 8.63. The third-order valence-corrected chi connectivity index (χ3v) is 11.3. The Morgan fingerprint density at radius 3 is 1.38 bits per heavy atom. The highest BCUT2D eigenvalue weighted by Crippen LogP contribution is 2.88. The molecule has 0 N–H and O–H groups in total. The smallest absolute Gasteiger partial charge is 0.136 e. The van der Waals surface area contributed by atoms with Crippen molar-refractivity contribution in [1.29, 1.82) is 0 Å². The molecule has 4 atom stereocenters. The van der Waals surface area contributed by atoms with Crippen molar-refractivity contribution < 1.29 is 9.59 Å². The Hall–Kier alpha value is -0.660. The molecule has 10 saturated carbocycles. The van der Waals surface area contributed by atoms with Crippen molar-refractivity contribution in [3.05, 3.63) is 0 Å². The Bertz CT molecular complexity index is 631. The lowest BCUT2D eigenvalue weighted by atomic mass is 9.18. The van der Waals surface area contributed by atoms with E-state index in [1.807, 2.05) is 13.8 Å². The molecule has 0 radical (unpaired) electrons. The fourth-order valence-corrected chi connectivity index (χ4v) is 11.3. The zero-order valence-electron chi connectivity index (χ0n) is 14.9. The average molecular weight is 324 g/mol. The zero-order chi connectivity index (χ0) is 16.2. The maximum Gasteiger partial charge on any atom is 0.136 e. The third kappa shape index (κ3) is 1.06. The lowest BCUT2D eigenvalue weighted by Gasteiger charge is -2.85. The molecule has 10 rings (SSSR count). The molecule has 24 heavy (non-hydrogen) atoms. The van der Waals surface area contributed by atoms with E-state index in [-0.39, 0.29) is 10.8 Å². The Balaban J connectivity index is 1.49. The van der Waals surface area contributed by atoms with E-state index in [4.69, 9.17) is 0 Å². The van der Waals surface area contributed by atoms with Crippen molar-refractivity contribution in [3.63, 3.8) is 0 Å². The van der Waals surface area contributed by atoms with Gasteiger partial charge in [-0.1, -0.05) is 0 Å². The standard InChI is InChI=1S/C22H28O2/c1-10(23)20-4-14-12-3-13-16-6-21(11(2)24)7-17(13)19(15(12)5-20)22(8-20,9-21)18(14)16/h12-19H,3-9H2,1-2H3. The molecule has 0 heterocycles. The maximum atomic E-state index is 12.7. The lowest BCUT2D eigenvalue weighted by molar-refractivity contribution is -0.367. The fourth-order valence-electron chi connectivity index (χ4n) is 11.3. The summed E-state index contributed by atoms with van der Waals surface area (Å²) < 4.78 is 0. The first kappa shape index (κ1) is 13.5. The van der Waals surface area contributed by atoms with E-state index in [1.165, 1.54) is 44.9 Å². The summed E-state index contributed by atoms with van der Waals surface area (Å²) in [5.74, 6) is 7.98. The van der Waals surface area contributed by atoms with Crippen molar-refractivity contribution in [1.82, 2.24) is 0 Å². The SMILES string of the molecule is CC(=O)C12CC3C4CC5C6CC7(C(C)=O)CC5C(C4C1)C(C2)(C7)C36. The van der Waals surface area contributed by atoms with Gasteiger partial charge in [-0.15, -0.1) is 0 Å². The molecule has 0 aromatic rings. The molecule has 128 valence electrons. The van der Waals surface area contributed by atoms with Crippen LogP contribution in [0.5, 0.6) is 0 Å². The molecule has 0 aliphatic heterocycles. The van der Waals surface area contributed by atoms with Gasteiger partial charge in [-0.05, 0) is 112 Å². The monoisotopic (exact) mass is 324 g/mol. The van der Waals surface area contributed by atoms with Crippen LogP contribution in [0.2, 0.25) is 0 Å². The summed E-state index contributed by atoms with van der Waals surface area (Å²) >= 11 is 0. The predicted octanol–water partition coefficient (Wildman–Crippen LogP) is 3.88. The van der Waals surface area contributed by atoms with Crippen molar-refractivity contribution in [3.8, 4) is 0 Å². The van der Waals surface area contributed by atoms with Gasteiger partial charge in [-0.25, -0.2) is 0 Å². The number of carbonyl (C=O) groups is 2. The summed E-state index contributed by atoms with van der Waals surface area (Å²) in [6.45, 7) is 3.76. The molecule has 1 spiro atoms. The number of rotatable bonds is 2. The molecule has 2 heteroatoms. The second-order valence-electron chi connectivity index (χ2n) is 11.3. The van der Waals surface area contributed by atoms with Gasteiger partial charge in [0, 0.05) is 10.8 Å². The summed E-state index contributed by atoms with van der Waals surface area (Å²) in [4.78, 5) is 25.5. The second-order valence-corrected chi connectivity index (χ2v) is 11.3. The summed E-state index contributed by atoms with van der Waals surface area (Å²) in [5, 5.41) is 0. The van der Waals surface area contributed by atoms with Gasteiger partial charge in [0.2, 0.25) is 0 Å². The highest BCUT2D eigenvalue weighted by Gasteiger charge is 2.83. The van der Waals surface area contributed by atoms with E-state index in [0.717, 1.165) is 47.3 Å². The van der Waals surface area contributed by atoms with E-state index in [1.54, 1.807) is 0 Å². The third-order valence-electron chi connectivity index (χ3n) is 11.3. The van der Waals surface area contributed by atoms with Crippen molar-refractivity contribution in [2.24, 2.45) is 63.6 Å². The van der Waals surface area contributed by atoms with Crippen LogP contribution in [-0.4, -0.2) is 11.6 Å². The van der Waals surface area contributed by atoms with Gasteiger partial charge in [0.05, 0.1) is 0 Å². The molecular formula is C22H28O2. The van der Waals surface area contributed by atoms with Crippen molar-refractivity contribution in [2.75, 3.05) is 0 Å². The van der Waals surface area contributed by atoms with Gasteiger partial charge in [0.15, 0.2) is 0 Å². The molecule has 11 bridgehead atoms. The van der Waals surface area contributed by atoms with Gasteiger partial charge >= 0.3 is 0 Å². The van der Waals surface area contributed by atoms with Crippen LogP contribution in [0.1, 0.15) is 58.8 Å². The lowest BCUT2D eigenvalue weighted by Crippen LogP contribution is -2.81. The average Bonchev–Trinajstić information content (AvgIpc) is 2.52. The van der Waals surface area contributed by atoms with E-state index < -0.39 is 0 Å². The highest BCUT2D eigenvalue weighted by molar-refractivity contribution is 5.85. The van der Waals surface area contributed by atoms with E-state index in [2.05, 4.69) is 0 Å². The van der Waals surface area contributed by atoms with Crippen molar-refractivity contribution in [2.45, 2.75) is 58.8 Å². The van der Waals surface area contributed by atoms with Crippen LogP contribution in [0.25, 0.3) is 0 Å². The molecule has 0 aromatic carbocycles. The molecule has 4 unspecified atom stereocenters. The first-order chi connectivity index (χ1) is 11.4. The minimum atomic E-state index is 0.00925. The molecular weight excluding hydrogens is 296 g/mol. The number of ketones is 2. The predicted molar refractivity (Wildman–Crippen MR) is 88.9 cm³/mol. The largest absolute Gasteiger partial charge is 0.299 e. The fraction of sp³-hybridized carbons (Fsp3) is 0.909. The summed E-state index contributed by atoms with van der Waals surface area (Å²) in [7, 11) is 0. The number of Topliss-reactive ketones (excluding diaryl/α,β-unsaturated/α-hetero) is 2. The van der Waals surface area contributed by atoms with Crippen LogP contribution in [0.15, 0.2) is 0 Å². The van der Waals surface area contributed by atoms with Crippen LogP contribution in [0.3, 0.4) is 0 Å². The molecule has 10 fully saturated rings. The van der Waals surface area contributed by atoms with Crippen LogP contribution in [0.4, 0.5) is 0 Å². The Kier molecular flexibility index (Phi) is 1.94. The number of carbonyl (C=O) groups excluding carboxylic acids is 2. The van der Waals surface area contributed by atoms with Gasteiger partial charge in [0.1, 0.15) is 11.6 Å². The molecule has 10 aliphatic carbocycles. The minimum Gasteiger partial charge on any atom is -0.299 e. The normalized spacial score (nSPS) is 68.9. The van der Waals surface area contributed by atoms with Gasteiger partial charge < -0.3 is 0 Å². The second kappa shape index (κ2) is 3.45. The Morgan fingerprint density at radius 1 is 0.667 bits per heavy atom. The van der Waals surface area contributed by atoms with E-state index in [0.29, 0.717) is 17.0 Å². The van der Waals surface area contributed by atoms with Crippen LogP contribution < -0.4 is 0 Å². The molecule has 0 saturated heterocycles. The quantitative estimate of drug-likeness (QED) is 0.772. The van der Waals surface area contributed by atoms with Gasteiger partial charge in [0.25, 0.3) is 0 Å².